The van der Waals surface area contributed by atoms with Gasteiger partial charge in [0.2, 0.25) is 0 Å². The maximum absolute atomic E-state index is 11.8. The fourth-order valence-electron chi connectivity index (χ4n) is 1.73. The number of aromatic nitrogens is 1. The minimum atomic E-state index is -1.17. The molecule has 2 rings (SSSR count). The number of carboxylic acids is 1. The van der Waals surface area contributed by atoms with Crippen molar-refractivity contribution in [2.75, 3.05) is 5.75 Å². The number of carbonyl (C=O) groups is 1. The third-order valence-corrected chi connectivity index (χ3v) is 3.87. The van der Waals surface area contributed by atoms with E-state index in [0.717, 1.165) is 16.5 Å². The van der Waals surface area contributed by atoms with Crippen LogP contribution in [0.15, 0.2) is 36.5 Å². The summed E-state index contributed by atoms with van der Waals surface area (Å²) in [7, 11) is -1.17. The maximum atomic E-state index is 11.8. The van der Waals surface area contributed by atoms with Gasteiger partial charge in [-0.05, 0) is 11.6 Å². The third-order valence-electron chi connectivity index (χ3n) is 2.58. The van der Waals surface area contributed by atoms with E-state index in [2.05, 4.69) is 4.98 Å². The van der Waals surface area contributed by atoms with Crippen LogP contribution in [0.25, 0.3) is 10.9 Å². The highest BCUT2D eigenvalue weighted by atomic mass is 32.2. The number of hydrogen-bond donors (Lipinski definition) is 1. The van der Waals surface area contributed by atoms with Gasteiger partial charge in [-0.2, -0.15) is 0 Å². The molecule has 0 aliphatic carbocycles. The van der Waals surface area contributed by atoms with Gasteiger partial charge in [-0.15, -0.1) is 0 Å². The molecule has 94 valence electrons. The Balaban J connectivity index is 2.16. The van der Waals surface area contributed by atoms with E-state index in [1.165, 1.54) is 0 Å². The van der Waals surface area contributed by atoms with Gasteiger partial charge in [0.1, 0.15) is 0 Å². The van der Waals surface area contributed by atoms with Crippen LogP contribution in [0.3, 0.4) is 0 Å². The van der Waals surface area contributed by atoms with Gasteiger partial charge in [0.05, 0.1) is 17.7 Å². The number of hydrogen-bond acceptors (Lipinski definition) is 3. The Bertz CT molecular complexity index is 592. The van der Waals surface area contributed by atoms with E-state index in [1.54, 1.807) is 6.20 Å². The van der Waals surface area contributed by atoms with Gasteiger partial charge >= 0.3 is 5.97 Å². The number of fused-ring (bicyclic) bond motifs is 1. The zero-order valence-corrected chi connectivity index (χ0v) is 10.5. The molecule has 0 saturated carbocycles. The van der Waals surface area contributed by atoms with Crippen LogP contribution in [-0.2, 0) is 21.3 Å². The predicted molar refractivity (Wildman–Crippen MR) is 70.7 cm³/mol. The first-order chi connectivity index (χ1) is 8.66. The molecule has 1 unspecified atom stereocenters. The van der Waals surface area contributed by atoms with Gasteiger partial charge in [0, 0.05) is 28.1 Å². The normalized spacial score (nSPS) is 12.4. The summed E-state index contributed by atoms with van der Waals surface area (Å²) >= 11 is 0. The summed E-state index contributed by atoms with van der Waals surface area (Å²) in [5.41, 5.74) is 1.74. The minimum Gasteiger partial charge on any atom is -0.481 e. The second kappa shape index (κ2) is 5.73. The lowest BCUT2D eigenvalue weighted by molar-refractivity contribution is -0.136. The Labute approximate surface area is 107 Å². The molecule has 1 aromatic heterocycles. The van der Waals surface area contributed by atoms with E-state index in [4.69, 9.17) is 5.11 Å². The van der Waals surface area contributed by atoms with E-state index in [0.29, 0.717) is 5.75 Å². The number of para-hydroxylation sites is 1. The summed E-state index contributed by atoms with van der Waals surface area (Å²) in [6, 6.07) is 9.53. The predicted octanol–water partition coefficient (Wildman–Crippen LogP) is 1.96. The molecule has 0 radical (unpaired) electrons. The number of carboxylic acid groups (broad SMARTS) is 1. The molecule has 1 atom stereocenters. The molecule has 0 spiro atoms. The van der Waals surface area contributed by atoms with Crippen LogP contribution in [0.1, 0.15) is 12.0 Å². The van der Waals surface area contributed by atoms with Crippen LogP contribution in [0.2, 0.25) is 0 Å². The Morgan fingerprint density at radius 3 is 2.83 bits per heavy atom. The molecule has 0 saturated heterocycles. The van der Waals surface area contributed by atoms with Crippen molar-refractivity contribution >= 4 is 27.7 Å². The number of pyridine rings is 1. The first-order valence-electron chi connectivity index (χ1n) is 5.56. The van der Waals surface area contributed by atoms with Gasteiger partial charge in [-0.25, -0.2) is 0 Å². The summed E-state index contributed by atoms with van der Waals surface area (Å²) in [6.07, 6.45) is 1.64. The third kappa shape index (κ3) is 3.13. The van der Waals surface area contributed by atoms with Crippen molar-refractivity contribution in [3.05, 3.63) is 42.1 Å². The molecule has 5 heteroatoms. The SMILES string of the molecule is O=C(O)CCS(=O)Cc1cccc2cccnc12. The van der Waals surface area contributed by atoms with Crippen LogP contribution >= 0.6 is 0 Å². The van der Waals surface area contributed by atoms with Gasteiger partial charge in [-0.1, -0.05) is 24.3 Å². The van der Waals surface area contributed by atoms with E-state index in [1.807, 2.05) is 30.3 Å². The fraction of sp³-hybridized carbons (Fsp3) is 0.231. The maximum Gasteiger partial charge on any atom is 0.304 e. The van der Waals surface area contributed by atoms with Crippen molar-refractivity contribution in [1.82, 2.24) is 4.98 Å². The molecular weight excluding hydrogens is 250 g/mol. The summed E-state index contributed by atoms with van der Waals surface area (Å²) in [5.74, 6) is -0.389. The zero-order chi connectivity index (χ0) is 13.0. The molecule has 0 bridgehead atoms. The van der Waals surface area contributed by atoms with Crippen molar-refractivity contribution in [3.63, 3.8) is 0 Å². The quantitative estimate of drug-likeness (QED) is 0.895. The molecule has 4 nitrogen and oxygen atoms in total. The average Bonchev–Trinajstić information content (AvgIpc) is 2.37. The highest BCUT2D eigenvalue weighted by molar-refractivity contribution is 7.84. The largest absolute Gasteiger partial charge is 0.481 e. The van der Waals surface area contributed by atoms with E-state index in [-0.39, 0.29) is 12.2 Å². The van der Waals surface area contributed by atoms with Crippen LogP contribution in [-0.4, -0.2) is 26.0 Å². The Morgan fingerprint density at radius 1 is 1.28 bits per heavy atom. The van der Waals surface area contributed by atoms with Crippen molar-refractivity contribution < 1.29 is 14.1 Å². The molecule has 18 heavy (non-hydrogen) atoms. The lowest BCUT2D eigenvalue weighted by Crippen LogP contribution is -2.07. The minimum absolute atomic E-state index is 0.0647. The van der Waals surface area contributed by atoms with Crippen molar-refractivity contribution in [2.24, 2.45) is 0 Å². The van der Waals surface area contributed by atoms with Gasteiger partial charge < -0.3 is 5.11 Å². The van der Waals surface area contributed by atoms with Gasteiger partial charge in [-0.3, -0.25) is 14.0 Å². The van der Waals surface area contributed by atoms with Crippen molar-refractivity contribution in [3.8, 4) is 0 Å². The lowest BCUT2D eigenvalue weighted by Gasteiger charge is -2.05. The fourth-order valence-corrected chi connectivity index (χ4v) is 2.86. The standard InChI is InChI=1S/C13H13NO3S/c15-12(16)6-8-18(17)9-11-4-1-3-10-5-2-7-14-13(10)11/h1-5,7H,6,8-9H2,(H,15,16). The molecule has 0 fully saturated rings. The molecule has 1 heterocycles. The molecule has 2 aromatic rings. The molecule has 1 aromatic carbocycles. The van der Waals surface area contributed by atoms with E-state index in [9.17, 15) is 9.00 Å². The highest BCUT2D eigenvalue weighted by Gasteiger charge is 2.08. The smallest absolute Gasteiger partial charge is 0.304 e. The van der Waals surface area contributed by atoms with E-state index >= 15 is 0 Å². The summed E-state index contributed by atoms with van der Waals surface area (Å²) < 4.78 is 11.8. The molecule has 0 aliphatic rings. The Morgan fingerprint density at radius 2 is 2.06 bits per heavy atom. The zero-order valence-electron chi connectivity index (χ0n) is 9.70. The lowest BCUT2D eigenvalue weighted by atomic mass is 10.1. The van der Waals surface area contributed by atoms with Gasteiger partial charge in [0.25, 0.3) is 0 Å². The average molecular weight is 263 g/mol. The number of nitrogens with zero attached hydrogens (tertiary/aromatic N) is 1. The Kier molecular flexibility index (Phi) is 4.04. The highest BCUT2D eigenvalue weighted by Crippen LogP contribution is 2.17. The summed E-state index contributed by atoms with van der Waals surface area (Å²) in [6.45, 7) is 0. The summed E-state index contributed by atoms with van der Waals surface area (Å²) in [4.78, 5) is 14.7. The monoisotopic (exact) mass is 263 g/mol. The first kappa shape index (κ1) is 12.7. The topological polar surface area (TPSA) is 67.3 Å². The second-order valence-corrected chi connectivity index (χ2v) is 5.50. The van der Waals surface area contributed by atoms with E-state index < -0.39 is 16.8 Å². The molecule has 0 amide bonds. The molecular formula is C13H13NO3S. The van der Waals surface area contributed by atoms with Crippen LogP contribution < -0.4 is 0 Å². The number of aliphatic carboxylic acids is 1. The van der Waals surface area contributed by atoms with Crippen LogP contribution in [0.4, 0.5) is 0 Å². The number of rotatable bonds is 5. The van der Waals surface area contributed by atoms with Crippen LogP contribution in [0, 0.1) is 0 Å². The second-order valence-electron chi connectivity index (χ2n) is 3.92. The van der Waals surface area contributed by atoms with Gasteiger partial charge in [0.15, 0.2) is 0 Å². The first-order valence-corrected chi connectivity index (χ1v) is 7.05. The summed E-state index contributed by atoms with van der Waals surface area (Å²) in [5, 5.41) is 9.56. The van der Waals surface area contributed by atoms with Crippen molar-refractivity contribution in [2.45, 2.75) is 12.2 Å². The van der Waals surface area contributed by atoms with Crippen molar-refractivity contribution in [1.29, 1.82) is 0 Å². The van der Waals surface area contributed by atoms with Crippen LogP contribution in [0.5, 0.6) is 0 Å². The Hall–Kier alpha value is -1.75. The molecule has 0 aliphatic heterocycles. The number of benzene rings is 1. The molecule has 1 N–H and O–H groups in total.